The minimum atomic E-state index is -2.45. The summed E-state index contributed by atoms with van der Waals surface area (Å²) in [5.74, 6) is -2.00. The van der Waals surface area contributed by atoms with Gasteiger partial charge in [-0.05, 0) is 18.2 Å². The second-order valence-corrected chi connectivity index (χ2v) is 5.79. The van der Waals surface area contributed by atoms with Crippen LogP contribution in [0.4, 0.5) is 10.1 Å². The first-order chi connectivity index (χ1) is 6.79. The highest BCUT2D eigenvalue weighted by atomic mass is 32.2. The summed E-state index contributed by atoms with van der Waals surface area (Å²) in [6, 6.07) is 3.27. The topological polar surface area (TPSA) is 66.7 Å². The van der Waals surface area contributed by atoms with Gasteiger partial charge in [-0.1, -0.05) is 0 Å². The number of carboxylic acids is 1. The second kappa shape index (κ2) is 3.98. The fraction of sp³-hybridized carbons (Fsp3) is 0.222. The standard InChI is InChI=1S/C9H10FNO3S/c1-15(2,14)11-8-4-3-6(9(12)13)5-7(8)10/h3-5H,1-2H3,(H,12,13). The van der Waals surface area contributed by atoms with E-state index in [0.29, 0.717) is 0 Å². The summed E-state index contributed by atoms with van der Waals surface area (Å²) < 4.78 is 28.2. The molecule has 1 aromatic rings. The average molecular weight is 231 g/mol. The Labute approximate surface area is 86.9 Å². The number of carbonyl (C=O) groups is 1. The fourth-order valence-corrected chi connectivity index (χ4v) is 1.57. The smallest absolute Gasteiger partial charge is 0.335 e. The third-order valence-electron chi connectivity index (χ3n) is 1.51. The summed E-state index contributed by atoms with van der Waals surface area (Å²) >= 11 is 0. The molecule has 0 unspecified atom stereocenters. The van der Waals surface area contributed by atoms with E-state index < -0.39 is 21.5 Å². The lowest BCUT2D eigenvalue weighted by atomic mass is 10.2. The van der Waals surface area contributed by atoms with E-state index in [4.69, 9.17) is 5.11 Å². The quantitative estimate of drug-likeness (QED) is 0.845. The Morgan fingerprint density at radius 2 is 2.07 bits per heavy atom. The zero-order chi connectivity index (χ0) is 11.6. The molecule has 82 valence electrons. The van der Waals surface area contributed by atoms with Crippen molar-refractivity contribution in [1.29, 1.82) is 0 Å². The van der Waals surface area contributed by atoms with Crippen molar-refractivity contribution in [2.75, 3.05) is 12.5 Å². The van der Waals surface area contributed by atoms with Crippen LogP contribution in [0.1, 0.15) is 10.4 Å². The molecular formula is C9H10FNO3S. The highest BCUT2D eigenvalue weighted by Gasteiger charge is 2.08. The summed E-state index contributed by atoms with van der Waals surface area (Å²) in [7, 11) is -2.45. The van der Waals surface area contributed by atoms with Gasteiger partial charge < -0.3 is 5.11 Å². The maximum Gasteiger partial charge on any atom is 0.335 e. The number of halogens is 1. The Morgan fingerprint density at radius 1 is 1.47 bits per heavy atom. The summed E-state index contributed by atoms with van der Waals surface area (Å²) in [5.41, 5.74) is -0.250. The van der Waals surface area contributed by atoms with Crippen molar-refractivity contribution in [3.8, 4) is 0 Å². The lowest BCUT2D eigenvalue weighted by Gasteiger charge is -2.00. The molecule has 0 saturated carbocycles. The fourth-order valence-electron chi connectivity index (χ4n) is 0.951. The molecule has 0 aromatic heterocycles. The molecule has 0 bridgehead atoms. The number of rotatable bonds is 2. The van der Waals surface area contributed by atoms with Crippen LogP contribution in [0.2, 0.25) is 0 Å². The van der Waals surface area contributed by atoms with E-state index in [9.17, 15) is 13.4 Å². The van der Waals surface area contributed by atoms with Crippen molar-refractivity contribution >= 4 is 21.4 Å². The van der Waals surface area contributed by atoms with Crippen molar-refractivity contribution in [1.82, 2.24) is 0 Å². The number of nitrogens with zero attached hydrogens (tertiary/aromatic N) is 1. The number of hydrogen-bond donors (Lipinski definition) is 1. The lowest BCUT2D eigenvalue weighted by Crippen LogP contribution is -1.97. The first-order valence-electron chi connectivity index (χ1n) is 3.99. The van der Waals surface area contributed by atoms with Crippen LogP contribution in [0.3, 0.4) is 0 Å². The predicted molar refractivity (Wildman–Crippen MR) is 55.4 cm³/mol. The van der Waals surface area contributed by atoms with E-state index in [1.165, 1.54) is 24.6 Å². The van der Waals surface area contributed by atoms with Crippen LogP contribution in [0, 0.1) is 5.82 Å². The molecule has 6 heteroatoms. The maximum absolute atomic E-state index is 13.3. The molecule has 0 atom stereocenters. The Bertz CT molecular complexity index is 510. The second-order valence-electron chi connectivity index (χ2n) is 3.24. The maximum atomic E-state index is 13.3. The molecule has 15 heavy (non-hydrogen) atoms. The molecule has 1 N–H and O–H groups in total. The summed E-state index contributed by atoms with van der Waals surface area (Å²) in [6.07, 6.45) is 2.75. The summed E-state index contributed by atoms with van der Waals surface area (Å²) in [6.45, 7) is 0. The van der Waals surface area contributed by atoms with Crippen LogP contribution < -0.4 is 0 Å². The van der Waals surface area contributed by atoms with Gasteiger partial charge in [-0.3, -0.25) is 0 Å². The molecule has 0 aliphatic rings. The Kier molecular flexibility index (Phi) is 3.09. The van der Waals surface area contributed by atoms with E-state index in [-0.39, 0.29) is 11.3 Å². The molecule has 0 amide bonds. The van der Waals surface area contributed by atoms with Crippen molar-refractivity contribution < 1.29 is 18.5 Å². The monoisotopic (exact) mass is 231 g/mol. The number of hydrogen-bond acceptors (Lipinski definition) is 3. The van der Waals surface area contributed by atoms with Gasteiger partial charge in [0, 0.05) is 22.2 Å². The Hall–Kier alpha value is -1.43. The molecule has 0 fully saturated rings. The van der Waals surface area contributed by atoms with Crippen molar-refractivity contribution in [3.63, 3.8) is 0 Å². The Morgan fingerprint density at radius 3 is 2.47 bits per heavy atom. The van der Waals surface area contributed by atoms with Crippen molar-refractivity contribution in [2.45, 2.75) is 0 Å². The van der Waals surface area contributed by atoms with Crippen LogP contribution in [0.5, 0.6) is 0 Å². The third-order valence-corrected chi connectivity index (χ3v) is 2.15. The van der Waals surface area contributed by atoms with Crippen LogP contribution in [-0.2, 0) is 9.73 Å². The molecule has 1 aromatic carbocycles. The molecule has 0 aliphatic carbocycles. The first kappa shape index (κ1) is 11.6. The zero-order valence-corrected chi connectivity index (χ0v) is 9.05. The van der Waals surface area contributed by atoms with Gasteiger partial charge in [0.05, 0.1) is 5.56 Å². The molecule has 0 radical (unpaired) electrons. The molecule has 0 spiro atoms. The molecule has 1 rings (SSSR count). The van der Waals surface area contributed by atoms with Gasteiger partial charge in [0.15, 0.2) is 0 Å². The molecular weight excluding hydrogens is 221 g/mol. The van der Waals surface area contributed by atoms with E-state index in [0.717, 1.165) is 6.07 Å². The van der Waals surface area contributed by atoms with Crippen LogP contribution in [0.15, 0.2) is 22.6 Å². The molecule has 0 aliphatic heterocycles. The third kappa shape index (κ3) is 3.32. The minimum Gasteiger partial charge on any atom is -0.478 e. The normalized spacial score (nSPS) is 11.1. The van der Waals surface area contributed by atoms with Gasteiger partial charge in [-0.15, -0.1) is 0 Å². The SMILES string of the molecule is CS(C)(=O)=Nc1ccc(C(=O)O)cc1F. The van der Waals surface area contributed by atoms with Crippen LogP contribution in [0.25, 0.3) is 0 Å². The van der Waals surface area contributed by atoms with E-state index in [1.807, 2.05) is 0 Å². The summed E-state index contributed by atoms with van der Waals surface area (Å²) in [5, 5.41) is 8.58. The minimum absolute atomic E-state index is 0.0880. The highest BCUT2D eigenvalue weighted by Crippen LogP contribution is 2.20. The van der Waals surface area contributed by atoms with Crippen molar-refractivity contribution in [3.05, 3.63) is 29.6 Å². The van der Waals surface area contributed by atoms with E-state index in [1.54, 1.807) is 0 Å². The van der Waals surface area contributed by atoms with Gasteiger partial charge in [-0.2, -0.15) is 4.36 Å². The molecule has 4 nitrogen and oxygen atoms in total. The molecule has 0 heterocycles. The van der Waals surface area contributed by atoms with E-state index >= 15 is 0 Å². The summed E-state index contributed by atoms with van der Waals surface area (Å²) in [4.78, 5) is 10.5. The number of benzene rings is 1. The van der Waals surface area contributed by atoms with Crippen molar-refractivity contribution in [2.24, 2.45) is 4.36 Å². The van der Waals surface area contributed by atoms with E-state index in [2.05, 4.69) is 4.36 Å². The molecule has 0 saturated heterocycles. The Balaban J connectivity index is 3.27. The van der Waals surface area contributed by atoms with Gasteiger partial charge >= 0.3 is 5.97 Å². The average Bonchev–Trinajstić information content (AvgIpc) is 2.05. The first-order valence-corrected chi connectivity index (χ1v) is 6.33. The van der Waals surface area contributed by atoms with Gasteiger partial charge in [-0.25, -0.2) is 13.4 Å². The van der Waals surface area contributed by atoms with Gasteiger partial charge in [0.25, 0.3) is 0 Å². The zero-order valence-electron chi connectivity index (χ0n) is 8.23. The number of aromatic carboxylic acids is 1. The lowest BCUT2D eigenvalue weighted by molar-refractivity contribution is 0.0696. The number of carboxylic acid groups (broad SMARTS) is 1. The van der Waals surface area contributed by atoms with Crippen LogP contribution >= 0.6 is 0 Å². The predicted octanol–water partition coefficient (Wildman–Crippen LogP) is 1.88. The van der Waals surface area contributed by atoms with Gasteiger partial charge in [0.2, 0.25) is 0 Å². The largest absolute Gasteiger partial charge is 0.478 e. The van der Waals surface area contributed by atoms with Gasteiger partial charge in [0.1, 0.15) is 11.5 Å². The van der Waals surface area contributed by atoms with Crippen LogP contribution in [-0.4, -0.2) is 27.8 Å². The highest BCUT2D eigenvalue weighted by molar-refractivity contribution is 7.92.